The number of nitrogens with zero attached hydrogens (tertiary/aromatic N) is 1. The normalized spacial score (nSPS) is 22.8. The number of aromatic hydroxyl groups is 1. The molecule has 1 aromatic carbocycles. The number of phenolic OH excluding ortho intramolecular Hbond substituents is 1. The van der Waals surface area contributed by atoms with Crippen molar-refractivity contribution in [1.29, 1.82) is 0 Å². The summed E-state index contributed by atoms with van der Waals surface area (Å²) < 4.78 is 16.3. The highest BCUT2D eigenvalue weighted by Crippen LogP contribution is 2.28. The van der Waals surface area contributed by atoms with Crippen molar-refractivity contribution in [3.05, 3.63) is 23.8 Å². The largest absolute Gasteiger partial charge is 0.504 e. The summed E-state index contributed by atoms with van der Waals surface area (Å²) in [4.78, 5) is 26.3. The van der Waals surface area contributed by atoms with E-state index in [0.29, 0.717) is 37.2 Å². The third-order valence-electron chi connectivity index (χ3n) is 5.82. The number of carbonyl (C=O) groups excluding carboxylic acids is 2. The van der Waals surface area contributed by atoms with Crippen molar-refractivity contribution in [3.63, 3.8) is 0 Å². The van der Waals surface area contributed by atoms with Crippen molar-refractivity contribution in [2.24, 2.45) is 5.92 Å². The van der Waals surface area contributed by atoms with Gasteiger partial charge < -0.3 is 24.2 Å². The lowest BCUT2D eigenvalue weighted by Gasteiger charge is -2.33. The van der Waals surface area contributed by atoms with Crippen LogP contribution in [0.1, 0.15) is 51.0 Å². The molecule has 7 nitrogen and oxygen atoms in total. The van der Waals surface area contributed by atoms with E-state index in [9.17, 15) is 14.7 Å². The van der Waals surface area contributed by atoms with Gasteiger partial charge in [0.05, 0.1) is 13.5 Å². The fourth-order valence-electron chi connectivity index (χ4n) is 3.95. The number of likely N-dealkylation sites (tertiary alicyclic amines) is 1. The number of phenols is 1. The van der Waals surface area contributed by atoms with E-state index in [4.69, 9.17) is 14.2 Å². The van der Waals surface area contributed by atoms with Crippen molar-refractivity contribution in [2.45, 2.75) is 64.1 Å². The molecule has 1 saturated carbocycles. The van der Waals surface area contributed by atoms with Gasteiger partial charge in [-0.25, -0.2) is 4.79 Å². The second kappa shape index (κ2) is 9.85. The van der Waals surface area contributed by atoms with E-state index in [2.05, 4.69) is 6.92 Å². The average Bonchev–Trinajstić information content (AvgIpc) is 2.71. The van der Waals surface area contributed by atoms with E-state index in [-0.39, 0.29) is 36.4 Å². The minimum absolute atomic E-state index is 0.0339. The number of hydrogen-bond donors (Lipinski definition) is 1. The molecule has 0 radical (unpaired) electrons. The summed E-state index contributed by atoms with van der Waals surface area (Å²) in [5.74, 6) is 0.759. The number of hydrogen-bond acceptors (Lipinski definition) is 6. The Hall–Kier alpha value is -2.44. The van der Waals surface area contributed by atoms with Gasteiger partial charge in [-0.15, -0.1) is 0 Å². The third-order valence-corrected chi connectivity index (χ3v) is 5.82. The predicted molar refractivity (Wildman–Crippen MR) is 107 cm³/mol. The van der Waals surface area contributed by atoms with Crippen LogP contribution in [0.25, 0.3) is 0 Å². The Morgan fingerprint density at radius 3 is 2.34 bits per heavy atom. The number of benzene rings is 1. The molecule has 1 N–H and O–H groups in total. The maximum absolute atomic E-state index is 12.4. The maximum atomic E-state index is 12.4. The van der Waals surface area contributed by atoms with E-state index in [0.717, 1.165) is 31.6 Å². The van der Waals surface area contributed by atoms with Crippen LogP contribution in [-0.4, -0.2) is 54.5 Å². The molecule has 1 aromatic rings. The fraction of sp³-hybridized carbons (Fsp3) is 0.636. The van der Waals surface area contributed by atoms with Gasteiger partial charge in [-0.1, -0.05) is 13.0 Å². The maximum Gasteiger partial charge on any atom is 0.410 e. The first-order valence-corrected chi connectivity index (χ1v) is 10.5. The van der Waals surface area contributed by atoms with Crippen LogP contribution in [0.2, 0.25) is 0 Å². The number of piperidine rings is 1. The predicted octanol–water partition coefficient (Wildman–Crippen LogP) is 3.67. The number of methoxy groups -OCH3 is 1. The SMILES string of the molecule is COc1cc(CC(=O)OC2CCN(C(=O)OC3CCC(C)CC3)CC2)ccc1O. The summed E-state index contributed by atoms with van der Waals surface area (Å²) in [6.45, 7) is 3.31. The Morgan fingerprint density at radius 2 is 1.69 bits per heavy atom. The van der Waals surface area contributed by atoms with E-state index < -0.39 is 0 Å². The first-order chi connectivity index (χ1) is 13.9. The average molecular weight is 405 g/mol. The summed E-state index contributed by atoms with van der Waals surface area (Å²) in [6.07, 6.45) is 5.06. The Balaban J connectivity index is 1.40. The summed E-state index contributed by atoms with van der Waals surface area (Å²) in [7, 11) is 1.46. The quantitative estimate of drug-likeness (QED) is 0.753. The number of ether oxygens (including phenoxy) is 3. The zero-order valence-corrected chi connectivity index (χ0v) is 17.3. The molecule has 1 aliphatic heterocycles. The third kappa shape index (κ3) is 6.02. The molecule has 2 fully saturated rings. The summed E-state index contributed by atoms with van der Waals surface area (Å²) in [6, 6.07) is 4.80. The van der Waals surface area contributed by atoms with Gasteiger partial charge in [0.2, 0.25) is 0 Å². The summed E-state index contributed by atoms with van der Waals surface area (Å²) >= 11 is 0. The Morgan fingerprint density at radius 1 is 1.03 bits per heavy atom. The second-order valence-electron chi connectivity index (χ2n) is 8.12. The van der Waals surface area contributed by atoms with Gasteiger partial charge in [0.1, 0.15) is 12.2 Å². The van der Waals surface area contributed by atoms with E-state index in [1.165, 1.54) is 13.2 Å². The van der Waals surface area contributed by atoms with Crippen LogP contribution in [0.4, 0.5) is 4.79 Å². The van der Waals surface area contributed by atoms with Crippen LogP contribution in [0.15, 0.2) is 18.2 Å². The van der Waals surface area contributed by atoms with Crippen molar-refractivity contribution >= 4 is 12.1 Å². The molecule has 1 aliphatic carbocycles. The van der Waals surface area contributed by atoms with E-state index in [1.54, 1.807) is 17.0 Å². The molecule has 160 valence electrons. The standard InChI is InChI=1S/C22H31NO6/c1-15-3-6-17(7-4-15)29-22(26)23-11-9-18(10-12-23)28-21(25)14-16-5-8-19(24)20(13-16)27-2/h5,8,13,15,17-18,24H,3-4,6-7,9-12,14H2,1-2H3. The Labute approximate surface area is 171 Å². The molecule has 2 aliphatic rings. The lowest BCUT2D eigenvalue weighted by molar-refractivity contribution is -0.150. The summed E-state index contributed by atoms with van der Waals surface area (Å²) in [5.41, 5.74) is 0.715. The van der Waals surface area contributed by atoms with Crippen LogP contribution in [0.5, 0.6) is 11.5 Å². The second-order valence-corrected chi connectivity index (χ2v) is 8.12. The molecule has 0 unspecified atom stereocenters. The van der Waals surface area contributed by atoms with Gasteiger partial charge in [0, 0.05) is 25.9 Å². The minimum Gasteiger partial charge on any atom is -0.504 e. The highest BCUT2D eigenvalue weighted by molar-refractivity contribution is 5.73. The molecular formula is C22H31NO6. The zero-order chi connectivity index (χ0) is 20.8. The zero-order valence-electron chi connectivity index (χ0n) is 17.3. The molecule has 7 heteroatoms. The van der Waals surface area contributed by atoms with Gasteiger partial charge >= 0.3 is 12.1 Å². The van der Waals surface area contributed by atoms with Crippen molar-refractivity contribution in [1.82, 2.24) is 4.90 Å². The van der Waals surface area contributed by atoms with Gasteiger partial charge in [-0.3, -0.25) is 4.79 Å². The highest BCUT2D eigenvalue weighted by atomic mass is 16.6. The van der Waals surface area contributed by atoms with Gasteiger partial charge in [0.25, 0.3) is 0 Å². The van der Waals surface area contributed by atoms with Crippen LogP contribution in [0, 0.1) is 5.92 Å². The molecule has 0 bridgehead atoms. The number of rotatable bonds is 5. The summed E-state index contributed by atoms with van der Waals surface area (Å²) in [5, 5.41) is 9.63. The van der Waals surface area contributed by atoms with Crippen molar-refractivity contribution in [3.8, 4) is 11.5 Å². The van der Waals surface area contributed by atoms with E-state index >= 15 is 0 Å². The van der Waals surface area contributed by atoms with Gasteiger partial charge in [-0.2, -0.15) is 0 Å². The Kier molecular flexibility index (Phi) is 7.23. The molecule has 3 rings (SSSR count). The van der Waals surface area contributed by atoms with Crippen molar-refractivity contribution in [2.75, 3.05) is 20.2 Å². The molecular weight excluding hydrogens is 374 g/mol. The molecule has 1 saturated heterocycles. The van der Waals surface area contributed by atoms with Gasteiger partial charge in [-0.05, 0) is 49.3 Å². The molecule has 0 spiro atoms. The number of amides is 1. The smallest absolute Gasteiger partial charge is 0.410 e. The Bertz CT molecular complexity index is 705. The van der Waals surface area contributed by atoms with Crippen LogP contribution >= 0.6 is 0 Å². The molecule has 29 heavy (non-hydrogen) atoms. The highest BCUT2D eigenvalue weighted by Gasteiger charge is 2.29. The molecule has 0 aromatic heterocycles. The fourth-order valence-corrected chi connectivity index (χ4v) is 3.95. The topological polar surface area (TPSA) is 85.3 Å². The van der Waals surface area contributed by atoms with Crippen LogP contribution in [-0.2, 0) is 20.7 Å². The first kappa shape index (κ1) is 21.3. The minimum atomic E-state index is -0.324. The lowest BCUT2D eigenvalue weighted by Crippen LogP contribution is -2.43. The van der Waals surface area contributed by atoms with E-state index in [1.807, 2.05) is 0 Å². The molecule has 0 atom stereocenters. The number of carbonyl (C=O) groups is 2. The molecule has 1 amide bonds. The lowest BCUT2D eigenvalue weighted by atomic mass is 9.89. The monoisotopic (exact) mass is 405 g/mol. The first-order valence-electron chi connectivity index (χ1n) is 10.5. The van der Waals surface area contributed by atoms with Crippen LogP contribution < -0.4 is 4.74 Å². The van der Waals surface area contributed by atoms with Crippen LogP contribution in [0.3, 0.4) is 0 Å². The van der Waals surface area contributed by atoms with Crippen molar-refractivity contribution < 1.29 is 28.9 Å². The van der Waals surface area contributed by atoms with Gasteiger partial charge in [0.15, 0.2) is 11.5 Å². The molecule has 1 heterocycles. The number of esters is 1.